The number of rotatable bonds is 11. The molecule has 6 aromatic rings. The van der Waals surface area contributed by atoms with Gasteiger partial charge in [0.05, 0.1) is 47.5 Å². The van der Waals surface area contributed by atoms with Gasteiger partial charge in [-0.1, -0.05) is 24.3 Å². The zero-order valence-corrected chi connectivity index (χ0v) is 29.4. The first-order valence-corrected chi connectivity index (χ1v) is 16.3. The summed E-state index contributed by atoms with van der Waals surface area (Å²) in [6, 6.07) is 16.0. The predicted molar refractivity (Wildman–Crippen MR) is 190 cm³/mol. The predicted octanol–water partition coefficient (Wildman–Crippen LogP) is 5.56. The van der Waals surface area contributed by atoms with Crippen molar-refractivity contribution in [1.29, 1.82) is 0 Å². The van der Waals surface area contributed by atoms with E-state index in [-0.39, 0.29) is 80.7 Å². The number of nitrogens with zero attached hydrogens (tertiary/aromatic N) is 4. The van der Waals surface area contributed by atoms with Gasteiger partial charge in [-0.3, -0.25) is 9.59 Å². The van der Waals surface area contributed by atoms with Crippen molar-refractivity contribution in [2.75, 3.05) is 14.2 Å². The van der Waals surface area contributed by atoms with Crippen molar-refractivity contribution in [2.24, 2.45) is 11.5 Å². The fourth-order valence-corrected chi connectivity index (χ4v) is 7.13. The van der Waals surface area contributed by atoms with E-state index in [2.05, 4.69) is 31.9 Å². The number of fused-ring (bicyclic) bond motifs is 2. The summed E-state index contributed by atoms with van der Waals surface area (Å²) in [6.07, 6.45) is 0. The number of halogens is 2. The number of amides is 2. The third-order valence-electron chi connectivity index (χ3n) is 8.17. The second kappa shape index (κ2) is 13.3. The molecule has 6 N–H and O–H groups in total. The highest BCUT2D eigenvalue weighted by Gasteiger charge is 2.27. The maximum atomic E-state index is 12.5. The quantitative estimate of drug-likeness (QED) is 0.128. The third-order valence-corrected chi connectivity index (χ3v) is 9.49. The summed E-state index contributed by atoms with van der Waals surface area (Å²) in [5.41, 5.74) is 13.4. The van der Waals surface area contributed by atoms with E-state index in [1.807, 2.05) is 0 Å². The lowest BCUT2D eigenvalue weighted by atomic mass is 10.1. The van der Waals surface area contributed by atoms with Gasteiger partial charge in [-0.15, -0.1) is 0 Å². The first-order valence-electron chi connectivity index (χ1n) is 14.7. The van der Waals surface area contributed by atoms with Gasteiger partial charge in [0.15, 0.2) is 11.5 Å². The zero-order chi connectivity index (χ0) is 36.0. The molecule has 14 nitrogen and oxygen atoms in total. The van der Waals surface area contributed by atoms with Crippen LogP contribution < -0.4 is 20.9 Å². The van der Waals surface area contributed by atoms with Crippen LogP contribution in [-0.2, 0) is 13.1 Å². The van der Waals surface area contributed by atoms with E-state index >= 15 is 0 Å². The number of carbonyl (C=O) groups excluding carboxylic acids is 2. The molecular weight excluding hydrogens is 780 g/mol. The summed E-state index contributed by atoms with van der Waals surface area (Å²) >= 11 is 6.69. The van der Waals surface area contributed by atoms with Crippen molar-refractivity contribution < 1.29 is 38.9 Å². The van der Waals surface area contributed by atoms with Gasteiger partial charge in [0.2, 0.25) is 0 Å². The van der Waals surface area contributed by atoms with Gasteiger partial charge >= 0.3 is 11.9 Å². The number of carbonyl (C=O) groups is 4. The molecule has 0 unspecified atom stereocenters. The van der Waals surface area contributed by atoms with Crippen molar-refractivity contribution in [3.63, 3.8) is 0 Å². The van der Waals surface area contributed by atoms with Crippen LogP contribution in [0.15, 0.2) is 69.6 Å². The number of hydrogen-bond donors (Lipinski definition) is 4. The SMILES string of the molecule is COc1c(C(N)=O)ccc2c1nc(-c1cccc(Br)c1C(=O)O)n2CCn1c(-c2cccc(Br)c2C(=O)O)nc2c(OC)c(C(N)=O)ccc21. The number of aromatic carboxylic acids is 2. The molecule has 4 aromatic carbocycles. The highest BCUT2D eigenvalue weighted by atomic mass is 79.9. The summed E-state index contributed by atoms with van der Waals surface area (Å²) < 4.78 is 15.3. The van der Waals surface area contributed by atoms with Crippen molar-refractivity contribution in [3.8, 4) is 34.3 Å². The van der Waals surface area contributed by atoms with E-state index in [1.165, 1.54) is 26.4 Å². The molecule has 0 aliphatic carbocycles. The molecule has 0 aliphatic rings. The molecule has 16 heteroatoms. The molecule has 0 aliphatic heterocycles. The Morgan fingerprint density at radius 1 is 0.660 bits per heavy atom. The molecule has 6 rings (SSSR count). The summed E-state index contributed by atoms with van der Waals surface area (Å²) in [7, 11) is 2.74. The monoisotopic (exact) mass is 804 g/mol. The second-order valence-electron chi connectivity index (χ2n) is 10.9. The Bertz CT molecular complexity index is 2250. The molecule has 0 bridgehead atoms. The van der Waals surface area contributed by atoms with E-state index in [1.54, 1.807) is 57.7 Å². The maximum Gasteiger partial charge on any atom is 0.337 e. The number of ether oxygens (including phenoxy) is 2. The second-order valence-corrected chi connectivity index (χ2v) is 12.6. The lowest BCUT2D eigenvalue weighted by Crippen LogP contribution is -2.14. The number of primary amides is 2. The molecule has 0 atom stereocenters. The van der Waals surface area contributed by atoms with E-state index in [4.69, 9.17) is 30.9 Å². The largest absolute Gasteiger partial charge is 0.494 e. The van der Waals surface area contributed by atoms with Crippen LogP contribution in [0.2, 0.25) is 0 Å². The number of aromatic nitrogens is 4. The lowest BCUT2D eigenvalue weighted by Gasteiger charge is -2.16. The van der Waals surface area contributed by atoms with E-state index in [0.29, 0.717) is 20.0 Å². The fraction of sp³-hybridized carbons (Fsp3) is 0.118. The first-order chi connectivity index (χ1) is 23.9. The molecule has 0 saturated carbocycles. The van der Waals surface area contributed by atoms with Crippen LogP contribution >= 0.6 is 31.9 Å². The van der Waals surface area contributed by atoms with Crippen molar-refractivity contribution in [2.45, 2.75) is 13.1 Å². The highest BCUT2D eigenvalue weighted by molar-refractivity contribution is 9.10. The third kappa shape index (κ3) is 5.61. The number of carboxylic acids is 2. The average Bonchev–Trinajstić information content (AvgIpc) is 3.63. The number of carboxylic acid groups (broad SMARTS) is 2. The number of methoxy groups -OCH3 is 2. The molecule has 0 radical (unpaired) electrons. The Morgan fingerprint density at radius 2 is 1.04 bits per heavy atom. The van der Waals surface area contributed by atoms with E-state index in [9.17, 15) is 29.4 Å². The minimum atomic E-state index is -1.20. The summed E-state index contributed by atoms with van der Waals surface area (Å²) in [6.45, 7) is 0.233. The Labute approximate surface area is 299 Å². The molecule has 2 heterocycles. The minimum absolute atomic E-state index is 0.0455. The molecule has 2 aromatic heterocycles. The highest BCUT2D eigenvalue weighted by Crippen LogP contribution is 2.39. The standard InChI is InChI=1S/C34H26Br2N6O8/c1-49-27-17(29(37)43)9-11-21-25(27)39-31(15-5-3-7-19(35)23(15)33(45)46)41(21)13-14-42-22-12-10-18(30(38)44)28(50-2)26(22)40-32(42)16-6-4-8-20(36)24(16)34(47)48/h3-12H,13-14H2,1-2H3,(H2,37,43)(H2,38,44)(H,45,46)(H,47,48). The van der Waals surface area contributed by atoms with Gasteiger partial charge in [-0.25, -0.2) is 19.6 Å². The number of hydrogen-bond acceptors (Lipinski definition) is 8. The fourth-order valence-electron chi connectivity index (χ4n) is 6.05. The first kappa shape index (κ1) is 34.1. The number of imidazole rings is 2. The Balaban J connectivity index is 1.64. The van der Waals surface area contributed by atoms with Gasteiger partial charge < -0.3 is 40.3 Å². The molecule has 50 heavy (non-hydrogen) atoms. The van der Waals surface area contributed by atoms with E-state index < -0.39 is 23.8 Å². The number of benzene rings is 4. The molecular formula is C34H26Br2N6O8. The van der Waals surface area contributed by atoms with Gasteiger partial charge in [0.1, 0.15) is 22.7 Å². The van der Waals surface area contributed by atoms with Crippen LogP contribution in [0.1, 0.15) is 41.4 Å². The van der Waals surface area contributed by atoms with E-state index in [0.717, 1.165) is 0 Å². The van der Waals surface area contributed by atoms with Crippen molar-refractivity contribution >= 4 is 77.7 Å². The van der Waals surface area contributed by atoms with Crippen LogP contribution in [-0.4, -0.2) is 67.3 Å². The van der Waals surface area contributed by atoms with Crippen LogP contribution in [0.4, 0.5) is 0 Å². The molecule has 0 spiro atoms. The van der Waals surface area contributed by atoms with Gasteiger partial charge in [-0.05, 0) is 68.3 Å². The van der Waals surface area contributed by atoms with Gasteiger partial charge in [0.25, 0.3) is 11.8 Å². The Kier molecular flexibility index (Phi) is 9.07. The van der Waals surface area contributed by atoms with Crippen LogP contribution in [0, 0.1) is 0 Å². The van der Waals surface area contributed by atoms with Crippen LogP contribution in [0.5, 0.6) is 11.5 Å². The Morgan fingerprint density at radius 3 is 1.36 bits per heavy atom. The molecule has 0 fully saturated rings. The topological polar surface area (TPSA) is 215 Å². The minimum Gasteiger partial charge on any atom is -0.494 e. The summed E-state index contributed by atoms with van der Waals surface area (Å²) in [5, 5.41) is 20.4. The molecule has 0 saturated heterocycles. The maximum absolute atomic E-state index is 12.5. The normalized spacial score (nSPS) is 11.2. The summed E-state index contributed by atoms with van der Waals surface area (Å²) in [5.74, 6) is -3.18. The van der Waals surface area contributed by atoms with Crippen LogP contribution in [0.25, 0.3) is 44.8 Å². The zero-order valence-electron chi connectivity index (χ0n) is 26.2. The smallest absolute Gasteiger partial charge is 0.337 e. The summed E-state index contributed by atoms with van der Waals surface area (Å²) in [4.78, 5) is 59.2. The van der Waals surface area contributed by atoms with Crippen molar-refractivity contribution in [1.82, 2.24) is 19.1 Å². The number of nitrogens with two attached hydrogens (primary N) is 2. The molecule has 2 amide bonds. The van der Waals surface area contributed by atoms with Gasteiger partial charge in [0, 0.05) is 33.2 Å². The van der Waals surface area contributed by atoms with Crippen molar-refractivity contribution in [3.05, 3.63) is 91.9 Å². The average molecular weight is 806 g/mol. The lowest BCUT2D eigenvalue weighted by molar-refractivity contribution is 0.0685. The Hall–Kier alpha value is -5.74. The number of aryl methyl sites for hydroxylation is 2. The molecule has 254 valence electrons. The van der Waals surface area contributed by atoms with Crippen LogP contribution in [0.3, 0.4) is 0 Å². The van der Waals surface area contributed by atoms with Gasteiger partial charge in [-0.2, -0.15) is 0 Å².